The van der Waals surface area contributed by atoms with E-state index in [-0.39, 0.29) is 11.9 Å². The van der Waals surface area contributed by atoms with Crippen LogP contribution in [-0.4, -0.2) is 38.7 Å². The molecule has 6 nitrogen and oxygen atoms in total. The van der Waals surface area contributed by atoms with Gasteiger partial charge in [0.15, 0.2) is 0 Å². The van der Waals surface area contributed by atoms with Crippen molar-refractivity contribution in [2.24, 2.45) is 0 Å². The second-order valence-electron chi connectivity index (χ2n) is 8.72. The molecule has 0 spiro atoms. The quantitative estimate of drug-likeness (QED) is 0.302. The van der Waals surface area contributed by atoms with Crippen LogP contribution in [0.25, 0.3) is 32.9 Å². The van der Waals surface area contributed by atoms with E-state index in [0.717, 1.165) is 50.9 Å². The first-order chi connectivity index (χ1) is 17.2. The molecule has 0 aliphatic carbocycles. The maximum atomic E-state index is 12.1. The van der Waals surface area contributed by atoms with Gasteiger partial charge in [0.25, 0.3) is 0 Å². The number of carbonyl (C=O) groups is 1. The number of rotatable bonds is 5. The molecule has 1 aliphatic heterocycles. The highest BCUT2D eigenvalue weighted by atomic mass is 16.5. The molecule has 3 heterocycles. The van der Waals surface area contributed by atoms with Gasteiger partial charge in [0.2, 0.25) is 5.91 Å². The Labute approximate surface area is 203 Å². The monoisotopic (exact) mass is 460 g/mol. The van der Waals surface area contributed by atoms with Crippen molar-refractivity contribution >= 4 is 27.6 Å². The summed E-state index contributed by atoms with van der Waals surface area (Å²) in [5, 5.41) is 8.20. The van der Waals surface area contributed by atoms with Crippen LogP contribution in [0.1, 0.15) is 12.5 Å². The number of hydrogen-bond acceptors (Lipinski definition) is 4. The zero-order valence-electron chi connectivity index (χ0n) is 19.2. The topological polar surface area (TPSA) is 60.2 Å². The molecule has 1 amide bonds. The molecule has 0 N–H and O–H groups in total. The predicted molar refractivity (Wildman–Crippen MR) is 137 cm³/mol. The lowest BCUT2D eigenvalue weighted by atomic mass is 10.1. The molecular formula is C29H24N4O2. The third kappa shape index (κ3) is 3.83. The SMILES string of the molecule is C=CC(=O)N1CC[C@@H](n2nc(-c3ccc(Oc4cccc5ccccc45)cc3)c3cnccc32)C1. The fourth-order valence-corrected chi connectivity index (χ4v) is 4.84. The van der Waals surface area contributed by atoms with E-state index in [1.54, 1.807) is 6.20 Å². The average Bonchev–Trinajstić information content (AvgIpc) is 3.54. The summed E-state index contributed by atoms with van der Waals surface area (Å²) in [5.74, 6) is 1.56. The van der Waals surface area contributed by atoms with Gasteiger partial charge in [0, 0.05) is 41.8 Å². The van der Waals surface area contributed by atoms with Gasteiger partial charge in [-0.2, -0.15) is 5.10 Å². The van der Waals surface area contributed by atoms with Gasteiger partial charge >= 0.3 is 0 Å². The Bertz CT molecular complexity index is 1550. The summed E-state index contributed by atoms with van der Waals surface area (Å²) in [6, 6.07) is 24.4. The molecular weight excluding hydrogens is 436 g/mol. The first-order valence-corrected chi connectivity index (χ1v) is 11.7. The summed E-state index contributed by atoms with van der Waals surface area (Å²) in [6.07, 6.45) is 5.88. The fraction of sp³-hybridized carbons (Fsp3) is 0.138. The highest BCUT2D eigenvalue weighted by Crippen LogP contribution is 2.34. The number of amides is 1. The second kappa shape index (κ2) is 8.72. The molecule has 0 unspecified atom stereocenters. The molecule has 3 aromatic carbocycles. The van der Waals surface area contributed by atoms with E-state index >= 15 is 0 Å². The number of carbonyl (C=O) groups excluding carboxylic acids is 1. The Balaban J connectivity index is 1.31. The summed E-state index contributed by atoms with van der Waals surface area (Å²) in [4.78, 5) is 18.2. The average molecular weight is 461 g/mol. The summed E-state index contributed by atoms with van der Waals surface area (Å²) in [5.41, 5.74) is 2.88. The summed E-state index contributed by atoms with van der Waals surface area (Å²) in [7, 11) is 0. The van der Waals surface area contributed by atoms with Crippen molar-refractivity contribution in [1.29, 1.82) is 0 Å². The van der Waals surface area contributed by atoms with E-state index in [2.05, 4.69) is 29.8 Å². The van der Waals surface area contributed by atoms with Crippen LogP contribution in [0.4, 0.5) is 0 Å². The van der Waals surface area contributed by atoms with Crippen LogP contribution in [0, 0.1) is 0 Å². The van der Waals surface area contributed by atoms with Crippen molar-refractivity contribution in [1.82, 2.24) is 19.7 Å². The van der Waals surface area contributed by atoms with Crippen molar-refractivity contribution < 1.29 is 9.53 Å². The van der Waals surface area contributed by atoms with Crippen LogP contribution in [0.5, 0.6) is 11.5 Å². The molecule has 35 heavy (non-hydrogen) atoms. The van der Waals surface area contributed by atoms with Gasteiger partial charge in [0.1, 0.15) is 17.2 Å². The minimum Gasteiger partial charge on any atom is -0.457 e. The van der Waals surface area contributed by atoms with Crippen molar-refractivity contribution in [3.63, 3.8) is 0 Å². The van der Waals surface area contributed by atoms with E-state index in [1.165, 1.54) is 6.08 Å². The van der Waals surface area contributed by atoms with Crippen molar-refractivity contribution in [2.45, 2.75) is 12.5 Å². The molecule has 1 saturated heterocycles. The van der Waals surface area contributed by atoms with Gasteiger partial charge in [-0.15, -0.1) is 0 Å². The summed E-state index contributed by atoms with van der Waals surface area (Å²) in [6.45, 7) is 4.94. The molecule has 172 valence electrons. The standard InChI is InChI=1S/C29H24N4O2/c1-2-28(34)32-17-15-22(19-32)33-26-14-16-30-18-25(26)29(31-33)21-10-12-23(13-11-21)35-27-9-5-7-20-6-3-4-8-24(20)27/h2-14,16,18,22H,1,15,17,19H2/t22-/m1/s1. The van der Waals surface area contributed by atoms with Gasteiger partial charge in [-0.1, -0.05) is 43.0 Å². The van der Waals surface area contributed by atoms with E-state index in [0.29, 0.717) is 13.1 Å². The molecule has 1 atom stereocenters. The van der Waals surface area contributed by atoms with Crippen LogP contribution >= 0.6 is 0 Å². The minimum atomic E-state index is -0.0346. The van der Waals surface area contributed by atoms with Gasteiger partial charge in [0.05, 0.1) is 11.6 Å². The predicted octanol–water partition coefficient (Wildman–Crippen LogP) is 6.00. The van der Waals surface area contributed by atoms with E-state index in [9.17, 15) is 4.79 Å². The van der Waals surface area contributed by atoms with Crippen LogP contribution in [-0.2, 0) is 4.79 Å². The number of benzene rings is 3. The van der Waals surface area contributed by atoms with Gasteiger partial charge in [-0.3, -0.25) is 14.5 Å². The lowest BCUT2D eigenvalue weighted by molar-refractivity contribution is -0.125. The van der Waals surface area contributed by atoms with Crippen LogP contribution in [0.3, 0.4) is 0 Å². The number of likely N-dealkylation sites (tertiary alicyclic amines) is 1. The number of ether oxygens (including phenoxy) is 1. The second-order valence-corrected chi connectivity index (χ2v) is 8.72. The third-order valence-corrected chi connectivity index (χ3v) is 6.61. The Morgan fingerprint density at radius 2 is 1.83 bits per heavy atom. The molecule has 0 saturated carbocycles. The highest BCUT2D eigenvalue weighted by Gasteiger charge is 2.28. The van der Waals surface area contributed by atoms with Crippen molar-refractivity contribution in [2.75, 3.05) is 13.1 Å². The Kier molecular flexibility index (Phi) is 5.26. The first kappa shape index (κ1) is 21.1. The number of nitrogens with zero attached hydrogens (tertiary/aromatic N) is 4. The molecule has 5 aromatic rings. The molecule has 1 aliphatic rings. The van der Waals surface area contributed by atoms with Gasteiger partial charge < -0.3 is 9.64 Å². The maximum Gasteiger partial charge on any atom is 0.246 e. The highest BCUT2D eigenvalue weighted by molar-refractivity contribution is 5.93. The maximum absolute atomic E-state index is 12.1. The van der Waals surface area contributed by atoms with Gasteiger partial charge in [-0.05, 0) is 54.3 Å². The first-order valence-electron chi connectivity index (χ1n) is 11.7. The largest absolute Gasteiger partial charge is 0.457 e. The smallest absolute Gasteiger partial charge is 0.246 e. The number of hydrogen-bond donors (Lipinski definition) is 0. The lowest BCUT2D eigenvalue weighted by Gasteiger charge is -2.15. The minimum absolute atomic E-state index is 0.0346. The van der Waals surface area contributed by atoms with Crippen molar-refractivity contribution in [3.8, 4) is 22.8 Å². The number of pyridine rings is 1. The number of aromatic nitrogens is 3. The molecule has 1 fully saturated rings. The van der Waals surface area contributed by atoms with Crippen LogP contribution in [0.2, 0.25) is 0 Å². The molecule has 0 bridgehead atoms. The number of fused-ring (bicyclic) bond motifs is 2. The van der Waals surface area contributed by atoms with E-state index in [1.807, 2.05) is 70.4 Å². The summed E-state index contributed by atoms with van der Waals surface area (Å²) >= 11 is 0. The van der Waals surface area contributed by atoms with E-state index < -0.39 is 0 Å². The Morgan fingerprint density at radius 3 is 2.69 bits per heavy atom. The molecule has 6 rings (SSSR count). The van der Waals surface area contributed by atoms with Crippen LogP contribution < -0.4 is 4.74 Å². The Morgan fingerprint density at radius 1 is 1.00 bits per heavy atom. The molecule has 2 aromatic heterocycles. The van der Waals surface area contributed by atoms with Crippen LogP contribution in [0.15, 0.2) is 97.8 Å². The van der Waals surface area contributed by atoms with E-state index in [4.69, 9.17) is 9.84 Å². The zero-order valence-corrected chi connectivity index (χ0v) is 19.2. The summed E-state index contributed by atoms with van der Waals surface area (Å²) < 4.78 is 8.26. The fourth-order valence-electron chi connectivity index (χ4n) is 4.84. The van der Waals surface area contributed by atoms with Crippen molar-refractivity contribution in [3.05, 3.63) is 97.8 Å². The molecule has 6 heteroatoms. The zero-order chi connectivity index (χ0) is 23.8. The normalized spacial score (nSPS) is 15.5. The third-order valence-electron chi connectivity index (χ3n) is 6.61. The van der Waals surface area contributed by atoms with Gasteiger partial charge in [-0.25, -0.2) is 0 Å². The Hall–Kier alpha value is -4.45. The molecule has 0 radical (unpaired) electrons. The lowest BCUT2D eigenvalue weighted by Crippen LogP contribution is -2.27.